The molecule has 1 N–H and O–H groups in total. The highest BCUT2D eigenvalue weighted by Crippen LogP contribution is 2.33. The number of aliphatic imine (C=N–C) groups is 1. The second-order valence-electron chi connectivity index (χ2n) is 3.99. The third-order valence-electron chi connectivity index (χ3n) is 2.47. The van der Waals surface area contributed by atoms with E-state index < -0.39 is 0 Å². The van der Waals surface area contributed by atoms with E-state index in [-0.39, 0.29) is 11.2 Å². The van der Waals surface area contributed by atoms with Crippen LogP contribution in [0.3, 0.4) is 0 Å². The molecule has 0 unspecified atom stereocenters. The van der Waals surface area contributed by atoms with Crippen LogP contribution in [-0.2, 0) is 4.79 Å². The third-order valence-corrected chi connectivity index (χ3v) is 5.81. The predicted octanol–water partition coefficient (Wildman–Crippen LogP) is 4.81. The topological polar surface area (TPSA) is 41.5 Å². The summed E-state index contributed by atoms with van der Waals surface area (Å²) in [4.78, 5) is 16.4. The molecule has 1 atom stereocenters. The Morgan fingerprint density at radius 2 is 2.05 bits per heavy atom. The molecule has 0 saturated heterocycles. The van der Waals surface area contributed by atoms with Gasteiger partial charge in [-0.1, -0.05) is 58.3 Å². The number of nitrogens with zero attached hydrogens (tertiary/aromatic N) is 1. The lowest BCUT2D eigenvalue weighted by Gasteiger charge is -2.13. The maximum absolute atomic E-state index is 12.1. The summed E-state index contributed by atoms with van der Waals surface area (Å²) in [5.41, 5.74) is 0.458. The molecule has 1 aromatic rings. The number of hydrogen-bond acceptors (Lipinski definition) is 4. The number of thioether (sulfide) groups is 2. The van der Waals surface area contributed by atoms with Crippen LogP contribution < -0.4 is 5.32 Å². The quantitative estimate of drug-likeness (QED) is 0.777. The van der Waals surface area contributed by atoms with Gasteiger partial charge in [-0.2, -0.15) is 0 Å². The molecule has 0 bridgehead atoms. The van der Waals surface area contributed by atoms with E-state index in [1.807, 2.05) is 6.92 Å². The molecule has 1 amide bonds. The van der Waals surface area contributed by atoms with Gasteiger partial charge in [0.2, 0.25) is 5.91 Å². The molecule has 3 nitrogen and oxygen atoms in total. The van der Waals surface area contributed by atoms with Crippen molar-refractivity contribution < 1.29 is 4.79 Å². The molecule has 0 radical (unpaired) electrons. The molecule has 0 saturated carbocycles. The Kier molecular flexibility index (Phi) is 5.93. The normalized spacial score (nSPS) is 15.9. The van der Waals surface area contributed by atoms with Gasteiger partial charge in [-0.05, 0) is 19.1 Å². The van der Waals surface area contributed by atoms with E-state index in [1.165, 1.54) is 17.8 Å². The predicted molar refractivity (Wildman–Crippen MR) is 91.9 cm³/mol. The first kappa shape index (κ1) is 16.3. The summed E-state index contributed by atoms with van der Waals surface area (Å²) in [7, 11) is 0. The van der Waals surface area contributed by atoms with Crippen LogP contribution in [0, 0.1) is 0 Å². The summed E-state index contributed by atoms with van der Waals surface area (Å²) >= 11 is 20.9. The van der Waals surface area contributed by atoms with Crippen LogP contribution in [0.2, 0.25) is 15.1 Å². The van der Waals surface area contributed by atoms with E-state index in [0.29, 0.717) is 20.8 Å². The summed E-state index contributed by atoms with van der Waals surface area (Å²) in [5.74, 6) is 0.834. The van der Waals surface area contributed by atoms with Crippen LogP contribution in [0.1, 0.15) is 6.92 Å². The highest BCUT2D eigenvalue weighted by molar-refractivity contribution is 8.39. The number of benzene rings is 1. The van der Waals surface area contributed by atoms with Crippen LogP contribution in [0.4, 0.5) is 5.69 Å². The number of nitrogens with one attached hydrogen (secondary N) is 1. The molecular formula is C12H11Cl3N2OS2. The number of carbonyl (C=O) groups is 1. The molecule has 1 heterocycles. The van der Waals surface area contributed by atoms with Crippen LogP contribution >= 0.6 is 58.3 Å². The van der Waals surface area contributed by atoms with E-state index in [1.54, 1.807) is 17.8 Å². The van der Waals surface area contributed by atoms with E-state index in [4.69, 9.17) is 34.8 Å². The molecule has 0 fully saturated rings. The Morgan fingerprint density at radius 1 is 1.35 bits per heavy atom. The Labute approximate surface area is 140 Å². The zero-order valence-electron chi connectivity index (χ0n) is 10.5. The highest BCUT2D eigenvalue weighted by Gasteiger charge is 2.20. The van der Waals surface area contributed by atoms with Crippen LogP contribution in [0.25, 0.3) is 0 Å². The Bertz CT molecular complexity index is 566. The van der Waals surface area contributed by atoms with Crippen molar-refractivity contribution in [2.75, 3.05) is 17.6 Å². The van der Waals surface area contributed by atoms with Gasteiger partial charge in [0.1, 0.15) is 4.38 Å². The highest BCUT2D eigenvalue weighted by atomic mass is 35.5. The minimum absolute atomic E-state index is 0.148. The standard InChI is InChI=1S/C12H11Cl3N2OS2/c1-6(20-12-16-2-3-19-12)11(18)17-10-5-8(14)7(13)4-9(10)15/h4-6H,2-3H2,1H3,(H,17,18)/t6-/m1/s1. The Hall–Kier alpha value is -0.0700. The first-order chi connectivity index (χ1) is 9.47. The maximum Gasteiger partial charge on any atom is 0.237 e. The van der Waals surface area contributed by atoms with Crippen molar-refractivity contribution in [3.63, 3.8) is 0 Å². The van der Waals surface area contributed by atoms with Crippen LogP contribution in [-0.4, -0.2) is 27.8 Å². The van der Waals surface area contributed by atoms with Crippen molar-refractivity contribution >= 4 is 74.3 Å². The Balaban J connectivity index is 2.01. The maximum atomic E-state index is 12.1. The van der Waals surface area contributed by atoms with Crippen molar-refractivity contribution in [3.05, 3.63) is 27.2 Å². The average Bonchev–Trinajstić information content (AvgIpc) is 2.88. The van der Waals surface area contributed by atoms with Gasteiger partial charge in [0.05, 0.1) is 32.5 Å². The number of anilines is 1. The van der Waals surface area contributed by atoms with Crippen molar-refractivity contribution in [3.8, 4) is 0 Å². The first-order valence-corrected chi connectivity index (χ1v) is 8.76. The molecule has 0 spiro atoms. The molecular weight excluding hydrogens is 359 g/mol. The number of rotatable bonds is 3. The lowest BCUT2D eigenvalue weighted by molar-refractivity contribution is -0.115. The SMILES string of the molecule is C[C@@H](SC1=NCCS1)C(=O)Nc1cc(Cl)c(Cl)cc1Cl. The van der Waals surface area contributed by atoms with Gasteiger partial charge in [0, 0.05) is 5.75 Å². The number of hydrogen-bond donors (Lipinski definition) is 1. The summed E-state index contributed by atoms with van der Waals surface area (Å²) in [6, 6.07) is 3.05. The molecule has 2 rings (SSSR count). The molecule has 108 valence electrons. The minimum atomic E-state index is -0.259. The fourth-order valence-corrected chi connectivity index (χ4v) is 4.17. The van der Waals surface area contributed by atoms with Gasteiger partial charge in [-0.15, -0.1) is 0 Å². The number of carbonyl (C=O) groups excluding carboxylic acids is 1. The minimum Gasteiger partial charge on any atom is -0.324 e. The van der Waals surface area contributed by atoms with Crippen LogP contribution in [0.5, 0.6) is 0 Å². The zero-order valence-corrected chi connectivity index (χ0v) is 14.4. The molecule has 1 aromatic carbocycles. The fourth-order valence-electron chi connectivity index (χ4n) is 1.44. The lowest BCUT2D eigenvalue weighted by atomic mass is 10.3. The largest absolute Gasteiger partial charge is 0.324 e. The molecule has 0 aliphatic carbocycles. The lowest BCUT2D eigenvalue weighted by Crippen LogP contribution is -2.23. The molecule has 1 aliphatic heterocycles. The fraction of sp³-hybridized carbons (Fsp3) is 0.333. The smallest absolute Gasteiger partial charge is 0.237 e. The monoisotopic (exact) mass is 368 g/mol. The summed E-state index contributed by atoms with van der Waals surface area (Å²) in [6.07, 6.45) is 0. The van der Waals surface area contributed by atoms with E-state index >= 15 is 0 Å². The van der Waals surface area contributed by atoms with Gasteiger partial charge >= 0.3 is 0 Å². The second kappa shape index (κ2) is 7.27. The van der Waals surface area contributed by atoms with Gasteiger partial charge in [0.15, 0.2) is 0 Å². The average molecular weight is 370 g/mol. The molecule has 20 heavy (non-hydrogen) atoms. The van der Waals surface area contributed by atoms with Crippen LogP contribution in [0.15, 0.2) is 17.1 Å². The summed E-state index contributed by atoms with van der Waals surface area (Å²) < 4.78 is 0.952. The van der Waals surface area contributed by atoms with E-state index in [0.717, 1.165) is 16.7 Å². The number of halogens is 3. The molecule has 8 heteroatoms. The van der Waals surface area contributed by atoms with Gasteiger partial charge in [-0.25, -0.2) is 0 Å². The van der Waals surface area contributed by atoms with Gasteiger partial charge in [0.25, 0.3) is 0 Å². The third kappa shape index (κ3) is 4.21. The van der Waals surface area contributed by atoms with E-state index in [2.05, 4.69) is 10.3 Å². The van der Waals surface area contributed by atoms with Crippen molar-refractivity contribution in [1.29, 1.82) is 0 Å². The number of amides is 1. The summed E-state index contributed by atoms with van der Waals surface area (Å²) in [6.45, 7) is 2.65. The first-order valence-electron chi connectivity index (χ1n) is 5.76. The summed E-state index contributed by atoms with van der Waals surface area (Å²) in [5, 5.41) is 3.56. The van der Waals surface area contributed by atoms with Crippen molar-refractivity contribution in [2.45, 2.75) is 12.2 Å². The van der Waals surface area contributed by atoms with Crippen molar-refractivity contribution in [1.82, 2.24) is 0 Å². The zero-order chi connectivity index (χ0) is 14.7. The van der Waals surface area contributed by atoms with Crippen molar-refractivity contribution in [2.24, 2.45) is 4.99 Å². The van der Waals surface area contributed by atoms with Gasteiger partial charge in [-0.3, -0.25) is 9.79 Å². The van der Waals surface area contributed by atoms with E-state index in [9.17, 15) is 4.79 Å². The molecule has 0 aromatic heterocycles. The molecule has 1 aliphatic rings. The van der Waals surface area contributed by atoms with Gasteiger partial charge < -0.3 is 5.32 Å². The second-order valence-corrected chi connectivity index (χ2v) is 7.88. The Morgan fingerprint density at radius 3 is 2.70 bits per heavy atom.